The second-order valence-electron chi connectivity index (χ2n) is 4.56. The van der Waals surface area contributed by atoms with Crippen LogP contribution in [0.15, 0.2) is 12.1 Å². The van der Waals surface area contributed by atoms with Crippen molar-refractivity contribution in [1.82, 2.24) is 4.90 Å². The molecule has 1 aromatic carbocycles. The van der Waals surface area contributed by atoms with Gasteiger partial charge in [0.05, 0.1) is 40.0 Å². The molecule has 1 aromatic rings. The van der Waals surface area contributed by atoms with Crippen molar-refractivity contribution < 1.29 is 9.53 Å². The Morgan fingerprint density at radius 2 is 1.80 bits per heavy atom. The molecule has 1 amide bonds. The van der Waals surface area contributed by atoms with Crippen LogP contribution in [0.25, 0.3) is 0 Å². The summed E-state index contributed by atoms with van der Waals surface area (Å²) < 4.78 is 5.27. The number of nitrogens with zero attached hydrogens (tertiary/aromatic N) is 1. The second kappa shape index (κ2) is 6.96. The van der Waals surface area contributed by atoms with E-state index in [4.69, 9.17) is 39.5 Å². The third-order valence-electron chi connectivity index (χ3n) is 3.24. The lowest BCUT2D eigenvalue weighted by Crippen LogP contribution is -2.47. The van der Waals surface area contributed by atoms with Crippen molar-refractivity contribution in [2.24, 2.45) is 0 Å². The van der Waals surface area contributed by atoms with E-state index in [-0.39, 0.29) is 11.9 Å². The Bertz CT molecular complexity index is 505. The zero-order valence-corrected chi connectivity index (χ0v) is 13.2. The molecule has 0 aliphatic carbocycles. The molecule has 1 aliphatic heterocycles. The zero-order valence-electron chi connectivity index (χ0n) is 11.0. The Balaban J connectivity index is 2.05. The van der Waals surface area contributed by atoms with Gasteiger partial charge in [-0.3, -0.25) is 9.69 Å². The van der Waals surface area contributed by atoms with Gasteiger partial charge in [-0.05, 0) is 19.1 Å². The van der Waals surface area contributed by atoms with Gasteiger partial charge in [-0.2, -0.15) is 0 Å². The molecule has 1 heterocycles. The summed E-state index contributed by atoms with van der Waals surface area (Å²) in [4.78, 5) is 14.3. The van der Waals surface area contributed by atoms with Gasteiger partial charge in [-0.15, -0.1) is 0 Å². The largest absolute Gasteiger partial charge is 0.379 e. The van der Waals surface area contributed by atoms with E-state index in [2.05, 4.69) is 10.2 Å². The predicted molar refractivity (Wildman–Crippen MR) is 82.0 cm³/mol. The molecular weight excluding hydrogens is 323 g/mol. The molecule has 0 saturated carbocycles. The van der Waals surface area contributed by atoms with E-state index in [1.807, 2.05) is 6.92 Å². The minimum atomic E-state index is -0.260. The summed E-state index contributed by atoms with van der Waals surface area (Å²) in [6, 6.07) is 2.81. The SMILES string of the molecule is CC(C(=O)Nc1cc(Cl)c(Cl)cc1Cl)N1CCOCC1. The molecule has 0 aromatic heterocycles. The van der Waals surface area contributed by atoms with E-state index < -0.39 is 0 Å². The fraction of sp³-hybridized carbons (Fsp3) is 0.462. The van der Waals surface area contributed by atoms with Crippen molar-refractivity contribution in [2.45, 2.75) is 13.0 Å². The standard InChI is InChI=1S/C13H15Cl3N2O2/c1-8(18-2-4-20-5-3-18)13(19)17-12-7-10(15)9(14)6-11(12)16/h6-8H,2-5H2,1H3,(H,17,19). The average Bonchev–Trinajstić information content (AvgIpc) is 2.44. The van der Waals surface area contributed by atoms with Crippen molar-refractivity contribution in [3.05, 3.63) is 27.2 Å². The fourth-order valence-electron chi connectivity index (χ4n) is 1.99. The Morgan fingerprint density at radius 3 is 2.45 bits per heavy atom. The molecule has 2 rings (SSSR count). The van der Waals surface area contributed by atoms with Gasteiger partial charge in [0.25, 0.3) is 0 Å². The zero-order chi connectivity index (χ0) is 14.7. The van der Waals surface area contributed by atoms with E-state index in [1.54, 1.807) is 6.07 Å². The number of carbonyl (C=O) groups is 1. The highest BCUT2D eigenvalue weighted by Gasteiger charge is 2.23. The van der Waals surface area contributed by atoms with Crippen LogP contribution in [0, 0.1) is 0 Å². The second-order valence-corrected chi connectivity index (χ2v) is 5.78. The molecule has 1 fully saturated rings. The molecule has 4 nitrogen and oxygen atoms in total. The van der Waals surface area contributed by atoms with E-state index >= 15 is 0 Å². The smallest absolute Gasteiger partial charge is 0.241 e. The number of morpholine rings is 1. The van der Waals surface area contributed by atoms with Crippen molar-refractivity contribution in [3.63, 3.8) is 0 Å². The number of halogens is 3. The number of ether oxygens (including phenoxy) is 1. The van der Waals surface area contributed by atoms with Crippen molar-refractivity contribution in [2.75, 3.05) is 31.6 Å². The van der Waals surface area contributed by atoms with Crippen LogP contribution in [0.1, 0.15) is 6.92 Å². The molecule has 0 spiro atoms. The first-order valence-corrected chi connectivity index (χ1v) is 7.39. The van der Waals surface area contributed by atoms with Gasteiger partial charge < -0.3 is 10.1 Å². The van der Waals surface area contributed by atoms with Gasteiger partial charge in [-0.25, -0.2) is 0 Å². The van der Waals surface area contributed by atoms with Crippen molar-refractivity contribution in [1.29, 1.82) is 0 Å². The van der Waals surface area contributed by atoms with Crippen molar-refractivity contribution in [3.8, 4) is 0 Å². The van der Waals surface area contributed by atoms with Crippen LogP contribution in [0.3, 0.4) is 0 Å². The molecule has 1 saturated heterocycles. The normalized spacial score (nSPS) is 17.8. The molecule has 1 unspecified atom stereocenters. The number of nitrogens with one attached hydrogen (secondary N) is 1. The van der Waals surface area contributed by atoms with Crippen LogP contribution in [0.5, 0.6) is 0 Å². The first-order chi connectivity index (χ1) is 9.49. The average molecular weight is 338 g/mol. The number of hydrogen-bond acceptors (Lipinski definition) is 3. The van der Waals surface area contributed by atoms with Gasteiger partial charge in [0.2, 0.25) is 5.91 Å². The molecule has 0 radical (unpaired) electrons. The Kier molecular flexibility index (Phi) is 5.52. The highest BCUT2D eigenvalue weighted by atomic mass is 35.5. The maximum atomic E-state index is 12.2. The maximum absolute atomic E-state index is 12.2. The fourth-order valence-corrected chi connectivity index (χ4v) is 2.58. The molecule has 1 aliphatic rings. The molecule has 1 N–H and O–H groups in total. The van der Waals surface area contributed by atoms with E-state index in [1.165, 1.54) is 6.07 Å². The number of carbonyl (C=O) groups excluding carboxylic acids is 1. The number of hydrogen-bond donors (Lipinski definition) is 1. The van der Waals surface area contributed by atoms with Crippen LogP contribution >= 0.6 is 34.8 Å². The molecule has 7 heteroatoms. The minimum Gasteiger partial charge on any atom is -0.379 e. The van der Waals surface area contributed by atoms with Gasteiger partial charge in [0.15, 0.2) is 0 Å². The van der Waals surface area contributed by atoms with Crippen LogP contribution in [-0.4, -0.2) is 43.2 Å². The Hall–Kier alpha value is -0.520. The van der Waals surface area contributed by atoms with E-state index in [9.17, 15) is 4.79 Å². The third kappa shape index (κ3) is 3.77. The number of benzene rings is 1. The first kappa shape index (κ1) is 15.9. The maximum Gasteiger partial charge on any atom is 0.241 e. The van der Waals surface area contributed by atoms with E-state index in [0.717, 1.165) is 13.1 Å². The molecule has 110 valence electrons. The topological polar surface area (TPSA) is 41.6 Å². The lowest BCUT2D eigenvalue weighted by molar-refractivity contribution is -0.122. The van der Waals surface area contributed by atoms with Gasteiger partial charge >= 0.3 is 0 Å². The Morgan fingerprint density at radius 1 is 1.20 bits per heavy atom. The highest BCUT2D eigenvalue weighted by molar-refractivity contribution is 6.44. The van der Waals surface area contributed by atoms with Crippen LogP contribution < -0.4 is 5.32 Å². The molecule has 20 heavy (non-hydrogen) atoms. The third-order valence-corrected chi connectivity index (χ3v) is 4.28. The lowest BCUT2D eigenvalue weighted by Gasteiger charge is -2.31. The summed E-state index contributed by atoms with van der Waals surface area (Å²) in [6.45, 7) is 4.62. The van der Waals surface area contributed by atoms with Gasteiger partial charge in [-0.1, -0.05) is 34.8 Å². The first-order valence-electron chi connectivity index (χ1n) is 6.26. The molecule has 0 bridgehead atoms. The molecular formula is C13H15Cl3N2O2. The number of rotatable bonds is 3. The van der Waals surface area contributed by atoms with Crippen LogP contribution in [0.2, 0.25) is 15.1 Å². The Labute approximate surface area is 132 Å². The van der Waals surface area contributed by atoms with Gasteiger partial charge in [0.1, 0.15) is 0 Å². The van der Waals surface area contributed by atoms with Gasteiger partial charge in [0, 0.05) is 13.1 Å². The summed E-state index contributed by atoms with van der Waals surface area (Å²) in [7, 11) is 0. The van der Waals surface area contributed by atoms with Crippen LogP contribution in [-0.2, 0) is 9.53 Å². The van der Waals surface area contributed by atoms with Crippen LogP contribution in [0.4, 0.5) is 5.69 Å². The summed E-state index contributed by atoms with van der Waals surface area (Å²) in [5.74, 6) is -0.132. The number of amides is 1. The lowest BCUT2D eigenvalue weighted by atomic mass is 10.2. The summed E-state index contributed by atoms with van der Waals surface area (Å²) >= 11 is 17.8. The predicted octanol–water partition coefficient (Wildman–Crippen LogP) is 3.31. The quantitative estimate of drug-likeness (QED) is 0.860. The number of anilines is 1. The summed E-state index contributed by atoms with van der Waals surface area (Å²) in [5.41, 5.74) is 0.464. The summed E-state index contributed by atoms with van der Waals surface area (Å²) in [6.07, 6.45) is 0. The highest BCUT2D eigenvalue weighted by Crippen LogP contribution is 2.32. The summed E-state index contributed by atoms with van der Waals surface area (Å²) in [5, 5.41) is 3.85. The van der Waals surface area contributed by atoms with E-state index in [0.29, 0.717) is 34.0 Å². The monoisotopic (exact) mass is 336 g/mol. The molecule has 1 atom stereocenters. The minimum absolute atomic E-state index is 0.132. The van der Waals surface area contributed by atoms with Crippen molar-refractivity contribution >= 4 is 46.4 Å².